The Labute approximate surface area is 154 Å². The molecule has 0 aliphatic rings. The Morgan fingerprint density at radius 3 is 2.59 bits per heavy atom. The van der Waals surface area contributed by atoms with Gasteiger partial charge in [0.05, 0.1) is 12.7 Å². The van der Waals surface area contributed by atoms with Crippen LogP contribution in [0, 0.1) is 5.95 Å². The van der Waals surface area contributed by atoms with Gasteiger partial charge in [0.1, 0.15) is 17.1 Å². The molecule has 0 aliphatic heterocycles. The van der Waals surface area contributed by atoms with Crippen molar-refractivity contribution < 1.29 is 9.13 Å². The Hall–Kier alpha value is -3.74. The average molecular weight is 361 g/mol. The van der Waals surface area contributed by atoms with Gasteiger partial charge in [0.15, 0.2) is 11.5 Å². The molecule has 0 radical (unpaired) electrons. The first-order chi connectivity index (χ1) is 13.1. The second-order valence-electron chi connectivity index (χ2n) is 5.86. The number of methoxy groups -OCH3 is 1. The van der Waals surface area contributed by atoms with E-state index in [4.69, 9.17) is 10.5 Å². The molecule has 0 saturated heterocycles. The van der Waals surface area contributed by atoms with Crippen molar-refractivity contribution >= 4 is 22.7 Å². The van der Waals surface area contributed by atoms with E-state index in [9.17, 15) is 4.39 Å². The molecule has 3 heterocycles. The van der Waals surface area contributed by atoms with Crippen molar-refractivity contribution in [3.63, 3.8) is 0 Å². The number of nitrogen functional groups attached to an aromatic ring is 1. The van der Waals surface area contributed by atoms with E-state index in [2.05, 4.69) is 21.5 Å². The number of ether oxygens (including phenoxy) is 1. The SMILES string of the molecule is C=C(OC)c1ccc(-n2c(-c3cccnc3N)nc3ccc(F)nc32)cc1. The topological polar surface area (TPSA) is 78.9 Å². The molecule has 7 heteroatoms. The number of rotatable bonds is 4. The van der Waals surface area contributed by atoms with Crippen molar-refractivity contribution in [3.8, 4) is 17.1 Å². The van der Waals surface area contributed by atoms with Gasteiger partial charge in [-0.05, 0) is 48.5 Å². The molecular weight excluding hydrogens is 345 g/mol. The summed E-state index contributed by atoms with van der Waals surface area (Å²) >= 11 is 0. The summed E-state index contributed by atoms with van der Waals surface area (Å²) in [5.74, 6) is 0.836. The normalized spacial score (nSPS) is 10.9. The lowest BCUT2D eigenvalue weighted by Crippen LogP contribution is -2.02. The zero-order valence-corrected chi connectivity index (χ0v) is 14.6. The van der Waals surface area contributed by atoms with E-state index in [1.807, 2.05) is 30.3 Å². The first-order valence-electron chi connectivity index (χ1n) is 8.18. The molecule has 6 nitrogen and oxygen atoms in total. The highest BCUT2D eigenvalue weighted by Crippen LogP contribution is 2.30. The van der Waals surface area contributed by atoms with Crippen molar-refractivity contribution in [2.45, 2.75) is 0 Å². The standard InChI is InChI=1S/C20H16FN5O/c1-12(27-2)13-5-7-14(8-6-13)26-19(15-4-3-11-23-18(15)22)24-16-9-10-17(21)25-20(16)26/h3-11H,1H2,2H3,(H2,22,23). The molecule has 2 N–H and O–H groups in total. The monoisotopic (exact) mass is 361 g/mol. The number of imidazole rings is 1. The van der Waals surface area contributed by atoms with Crippen LogP contribution in [0.15, 0.2) is 61.3 Å². The van der Waals surface area contributed by atoms with Gasteiger partial charge in [-0.25, -0.2) is 9.97 Å². The fraction of sp³-hybridized carbons (Fsp3) is 0.0500. The van der Waals surface area contributed by atoms with Crippen molar-refractivity contribution in [3.05, 3.63) is 72.8 Å². The number of hydrogen-bond acceptors (Lipinski definition) is 5. The molecule has 4 aromatic rings. The number of benzene rings is 1. The summed E-state index contributed by atoms with van der Waals surface area (Å²) in [4.78, 5) is 12.8. The fourth-order valence-electron chi connectivity index (χ4n) is 2.88. The maximum absolute atomic E-state index is 13.8. The van der Waals surface area contributed by atoms with Crippen LogP contribution in [0.3, 0.4) is 0 Å². The summed E-state index contributed by atoms with van der Waals surface area (Å²) in [6, 6.07) is 13.9. The smallest absolute Gasteiger partial charge is 0.214 e. The minimum atomic E-state index is -0.585. The average Bonchev–Trinajstić information content (AvgIpc) is 3.06. The first-order valence-corrected chi connectivity index (χ1v) is 8.18. The molecule has 3 aromatic heterocycles. The van der Waals surface area contributed by atoms with Gasteiger partial charge in [-0.1, -0.05) is 6.58 Å². The molecule has 0 amide bonds. The van der Waals surface area contributed by atoms with Gasteiger partial charge >= 0.3 is 0 Å². The van der Waals surface area contributed by atoms with Crippen LogP contribution in [0.25, 0.3) is 34.0 Å². The largest absolute Gasteiger partial charge is 0.497 e. The maximum atomic E-state index is 13.8. The minimum Gasteiger partial charge on any atom is -0.497 e. The number of pyridine rings is 2. The maximum Gasteiger partial charge on any atom is 0.214 e. The molecule has 27 heavy (non-hydrogen) atoms. The van der Waals surface area contributed by atoms with Crippen LogP contribution in [0.4, 0.5) is 10.2 Å². The molecule has 0 bridgehead atoms. The summed E-state index contributed by atoms with van der Waals surface area (Å²) in [5.41, 5.74) is 9.23. The molecule has 4 rings (SSSR count). The van der Waals surface area contributed by atoms with E-state index in [1.54, 1.807) is 30.0 Å². The highest BCUT2D eigenvalue weighted by Gasteiger charge is 2.18. The highest BCUT2D eigenvalue weighted by atomic mass is 19.1. The Kier molecular flexibility index (Phi) is 4.04. The second-order valence-corrected chi connectivity index (χ2v) is 5.86. The summed E-state index contributed by atoms with van der Waals surface area (Å²) in [6.07, 6.45) is 1.61. The molecule has 0 aliphatic carbocycles. The lowest BCUT2D eigenvalue weighted by atomic mass is 10.1. The van der Waals surface area contributed by atoms with Crippen molar-refractivity contribution in [2.24, 2.45) is 0 Å². The van der Waals surface area contributed by atoms with E-state index in [1.165, 1.54) is 6.07 Å². The third kappa shape index (κ3) is 2.89. The molecule has 0 unspecified atom stereocenters. The zero-order valence-electron chi connectivity index (χ0n) is 14.6. The van der Waals surface area contributed by atoms with E-state index in [0.29, 0.717) is 34.1 Å². The van der Waals surface area contributed by atoms with Gasteiger partial charge in [0, 0.05) is 17.4 Å². The van der Waals surface area contributed by atoms with Crippen LogP contribution in [0.5, 0.6) is 0 Å². The highest BCUT2D eigenvalue weighted by molar-refractivity contribution is 5.82. The van der Waals surface area contributed by atoms with Gasteiger partial charge < -0.3 is 10.5 Å². The molecule has 0 atom stereocenters. The van der Waals surface area contributed by atoms with Crippen LogP contribution >= 0.6 is 0 Å². The number of nitrogens with zero attached hydrogens (tertiary/aromatic N) is 4. The Morgan fingerprint density at radius 1 is 1.11 bits per heavy atom. The van der Waals surface area contributed by atoms with Gasteiger partial charge in [-0.2, -0.15) is 9.37 Å². The Morgan fingerprint density at radius 2 is 1.89 bits per heavy atom. The van der Waals surface area contributed by atoms with E-state index < -0.39 is 5.95 Å². The number of anilines is 1. The van der Waals surface area contributed by atoms with Gasteiger partial charge in [0.25, 0.3) is 0 Å². The summed E-state index contributed by atoms with van der Waals surface area (Å²) in [6.45, 7) is 3.85. The third-order valence-electron chi connectivity index (χ3n) is 4.24. The van der Waals surface area contributed by atoms with Gasteiger partial charge in [-0.3, -0.25) is 4.57 Å². The predicted octanol–water partition coefficient (Wildman–Crippen LogP) is 3.82. The lowest BCUT2D eigenvalue weighted by molar-refractivity contribution is 0.371. The molecule has 0 spiro atoms. The molecule has 0 saturated carbocycles. The van der Waals surface area contributed by atoms with Crippen LogP contribution < -0.4 is 5.73 Å². The minimum absolute atomic E-state index is 0.332. The van der Waals surface area contributed by atoms with Crippen LogP contribution in [0.1, 0.15) is 5.56 Å². The van der Waals surface area contributed by atoms with Gasteiger partial charge in [-0.15, -0.1) is 0 Å². The zero-order chi connectivity index (χ0) is 19.0. The predicted molar refractivity (Wildman–Crippen MR) is 103 cm³/mol. The quantitative estimate of drug-likeness (QED) is 0.442. The third-order valence-corrected chi connectivity index (χ3v) is 4.24. The molecular formula is C20H16FN5O. The van der Waals surface area contributed by atoms with E-state index >= 15 is 0 Å². The number of nitrogens with two attached hydrogens (primary N) is 1. The van der Waals surface area contributed by atoms with Crippen molar-refractivity contribution in [1.29, 1.82) is 0 Å². The Balaban J connectivity index is 1.98. The number of fused-ring (bicyclic) bond motifs is 1. The molecule has 1 aromatic carbocycles. The van der Waals surface area contributed by atoms with Crippen molar-refractivity contribution in [1.82, 2.24) is 19.5 Å². The number of hydrogen-bond donors (Lipinski definition) is 1. The first kappa shape index (κ1) is 16.7. The van der Waals surface area contributed by atoms with E-state index in [0.717, 1.165) is 11.3 Å². The van der Waals surface area contributed by atoms with E-state index in [-0.39, 0.29) is 0 Å². The molecule has 0 fully saturated rings. The van der Waals surface area contributed by atoms with Crippen molar-refractivity contribution in [2.75, 3.05) is 12.8 Å². The van der Waals surface area contributed by atoms with Crippen LogP contribution in [0.2, 0.25) is 0 Å². The second kappa shape index (κ2) is 6.53. The van der Waals surface area contributed by atoms with Gasteiger partial charge in [0.2, 0.25) is 5.95 Å². The summed E-state index contributed by atoms with van der Waals surface area (Å²) in [7, 11) is 1.57. The van der Waals surface area contributed by atoms with Crippen LogP contribution in [-0.4, -0.2) is 26.6 Å². The number of halogens is 1. The summed E-state index contributed by atoms with van der Waals surface area (Å²) < 4.78 is 20.7. The number of aromatic nitrogens is 4. The Bertz CT molecular complexity index is 1150. The molecule has 134 valence electrons. The van der Waals surface area contributed by atoms with Crippen LogP contribution in [-0.2, 0) is 4.74 Å². The lowest BCUT2D eigenvalue weighted by Gasteiger charge is -2.11. The summed E-state index contributed by atoms with van der Waals surface area (Å²) in [5, 5.41) is 0. The fourth-order valence-corrected chi connectivity index (χ4v) is 2.88.